The fourth-order valence-corrected chi connectivity index (χ4v) is 3.88. The summed E-state index contributed by atoms with van der Waals surface area (Å²) < 4.78 is 39.5. The average Bonchev–Trinajstić information content (AvgIpc) is 3.01. The number of benzene rings is 1. The first-order valence-corrected chi connectivity index (χ1v) is 9.03. The Bertz CT molecular complexity index is 1040. The SMILES string of the molecule is COC(=O)c1cn2c(c(OCc3ccccc3)c1=O)C(=O)NC1CC(F)(F)CC12. The maximum Gasteiger partial charge on any atom is 0.343 e. The van der Waals surface area contributed by atoms with Gasteiger partial charge in [-0.1, -0.05) is 30.3 Å². The summed E-state index contributed by atoms with van der Waals surface area (Å²) in [6.07, 6.45) is 0.0893. The van der Waals surface area contributed by atoms with Crippen molar-refractivity contribution >= 4 is 11.9 Å². The van der Waals surface area contributed by atoms with Gasteiger partial charge in [-0.15, -0.1) is 0 Å². The van der Waals surface area contributed by atoms with Gasteiger partial charge in [-0.2, -0.15) is 0 Å². The number of ether oxygens (including phenoxy) is 2. The average molecular weight is 404 g/mol. The number of halogens is 2. The topological polar surface area (TPSA) is 86.6 Å². The zero-order valence-corrected chi connectivity index (χ0v) is 15.5. The molecule has 1 aromatic heterocycles. The van der Waals surface area contributed by atoms with Crippen LogP contribution >= 0.6 is 0 Å². The molecule has 4 rings (SSSR count). The Morgan fingerprint density at radius 3 is 2.66 bits per heavy atom. The van der Waals surface area contributed by atoms with Crippen LogP contribution in [-0.4, -0.2) is 35.5 Å². The van der Waals surface area contributed by atoms with Gasteiger partial charge in [-0.3, -0.25) is 9.59 Å². The van der Waals surface area contributed by atoms with Crippen LogP contribution in [-0.2, 0) is 11.3 Å². The molecule has 9 heteroatoms. The molecule has 0 spiro atoms. The third kappa shape index (κ3) is 3.37. The number of alkyl halides is 2. The van der Waals surface area contributed by atoms with E-state index in [2.05, 4.69) is 10.1 Å². The Balaban J connectivity index is 1.84. The Kier molecular flexibility index (Phi) is 4.60. The van der Waals surface area contributed by atoms with Gasteiger partial charge in [0.05, 0.1) is 19.2 Å². The molecule has 0 saturated heterocycles. The zero-order valence-electron chi connectivity index (χ0n) is 15.5. The molecule has 1 aromatic carbocycles. The molecule has 1 aliphatic carbocycles. The second-order valence-electron chi connectivity index (χ2n) is 7.13. The van der Waals surface area contributed by atoms with E-state index in [1.54, 1.807) is 24.3 Å². The summed E-state index contributed by atoms with van der Waals surface area (Å²) in [4.78, 5) is 37.6. The van der Waals surface area contributed by atoms with E-state index in [1.165, 1.54) is 4.57 Å². The van der Waals surface area contributed by atoms with E-state index in [-0.39, 0.29) is 23.6 Å². The zero-order chi connectivity index (χ0) is 20.8. The highest BCUT2D eigenvalue weighted by Crippen LogP contribution is 2.44. The molecule has 2 aromatic rings. The van der Waals surface area contributed by atoms with Gasteiger partial charge in [0.25, 0.3) is 11.8 Å². The van der Waals surface area contributed by atoms with Crippen LogP contribution in [0.5, 0.6) is 5.75 Å². The maximum absolute atomic E-state index is 14.0. The third-order valence-corrected chi connectivity index (χ3v) is 5.20. The molecule has 1 amide bonds. The van der Waals surface area contributed by atoms with Crippen molar-refractivity contribution in [3.8, 4) is 5.75 Å². The lowest BCUT2D eigenvalue weighted by Gasteiger charge is -2.32. The smallest absolute Gasteiger partial charge is 0.343 e. The number of fused-ring (bicyclic) bond motifs is 3. The highest BCUT2D eigenvalue weighted by atomic mass is 19.3. The number of carbonyl (C=O) groups is 2. The minimum absolute atomic E-state index is 0.0365. The number of hydrogen-bond donors (Lipinski definition) is 1. The predicted octanol–water partition coefficient (Wildman–Crippen LogP) is 2.30. The minimum Gasteiger partial charge on any atom is -0.483 e. The first-order valence-electron chi connectivity index (χ1n) is 9.03. The van der Waals surface area contributed by atoms with Crippen LogP contribution in [0.4, 0.5) is 8.78 Å². The summed E-state index contributed by atoms with van der Waals surface area (Å²) in [7, 11) is 1.11. The monoisotopic (exact) mass is 404 g/mol. The van der Waals surface area contributed by atoms with Crippen molar-refractivity contribution in [1.82, 2.24) is 9.88 Å². The van der Waals surface area contributed by atoms with Gasteiger partial charge in [0.1, 0.15) is 12.2 Å². The lowest BCUT2D eigenvalue weighted by atomic mass is 10.0. The second kappa shape index (κ2) is 6.98. The van der Waals surface area contributed by atoms with Crippen LogP contribution in [0.2, 0.25) is 0 Å². The number of methoxy groups -OCH3 is 1. The first kappa shape index (κ1) is 19.1. The first-order chi connectivity index (χ1) is 13.8. The molecule has 0 bridgehead atoms. The van der Waals surface area contributed by atoms with Gasteiger partial charge in [-0.25, -0.2) is 13.6 Å². The van der Waals surface area contributed by atoms with Crippen molar-refractivity contribution < 1.29 is 27.8 Å². The summed E-state index contributed by atoms with van der Waals surface area (Å²) >= 11 is 0. The molecule has 7 nitrogen and oxygen atoms in total. The molecule has 0 radical (unpaired) electrons. The summed E-state index contributed by atoms with van der Waals surface area (Å²) in [5.74, 6) is -4.95. The molecule has 1 N–H and O–H groups in total. The maximum atomic E-state index is 14.0. The largest absolute Gasteiger partial charge is 0.483 e. The van der Waals surface area contributed by atoms with Crippen molar-refractivity contribution in [2.75, 3.05) is 7.11 Å². The van der Waals surface area contributed by atoms with Gasteiger partial charge >= 0.3 is 5.97 Å². The number of carbonyl (C=O) groups excluding carboxylic acids is 2. The van der Waals surface area contributed by atoms with Gasteiger partial charge in [0.15, 0.2) is 11.4 Å². The molecule has 2 unspecified atom stereocenters. The van der Waals surface area contributed by atoms with E-state index < -0.39 is 48.2 Å². The standard InChI is InChI=1S/C20H18F2N2O5/c1-28-19(27)12-9-24-14-8-20(21,22)7-13(14)23-18(26)15(24)17(16(12)25)29-10-11-5-3-2-4-6-11/h2-6,9,13-14H,7-8,10H2,1H3,(H,23,26). The molecule has 152 valence electrons. The summed E-state index contributed by atoms with van der Waals surface area (Å²) in [6, 6.07) is 7.30. The Labute approximate surface area is 164 Å². The molecule has 1 saturated carbocycles. The minimum atomic E-state index is -2.97. The van der Waals surface area contributed by atoms with Gasteiger partial charge in [-0.05, 0) is 5.56 Å². The number of esters is 1. The predicted molar refractivity (Wildman–Crippen MR) is 97.3 cm³/mol. The van der Waals surface area contributed by atoms with Crippen molar-refractivity contribution in [3.63, 3.8) is 0 Å². The number of nitrogens with one attached hydrogen (secondary N) is 1. The third-order valence-electron chi connectivity index (χ3n) is 5.20. The van der Waals surface area contributed by atoms with Crippen LogP contribution in [0.25, 0.3) is 0 Å². The Morgan fingerprint density at radius 1 is 1.24 bits per heavy atom. The number of pyridine rings is 1. The Morgan fingerprint density at radius 2 is 1.97 bits per heavy atom. The van der Waals surface area contributed by atoms with Crippen molar-refractivity contribution in [2.45, 2.75) is 37.5 Å². The van der Waals surface area contributed by atoms with E-state index in [0.29, 0.717) is 0 Å². The van der Waals surface area contributed by atoms with Crippen LogP contribution < -0.4 is 15.5 Å². The summed E-state index contributed by atoms with van der Waals surface area (Å²) in [5, 5.41) is 2.54. The van der Waals surface area contributed by atoms with E-state index in [4.69, 9.17) is 4.74 Å². The molecular weight excluding hydrogens is 386 g/mol. The lowest BCUT2D eigenvalue weighted by Crippen LogP contribution is -2.47. The van der Waals surface area contributed by atoms with Crippen LogP contribution in [0.3, 0.4) is 0 Å². The van der Waals surface area contributed by atoms with Crippen molar-refractivity contribution in [1.29, 1.82) is 0 Å². The van der Waals surface area contributed by atoms with Gasteiger partial charge in [0, 0.05) is 19.0 Å². The molecule has 2 aliphatic rings. The normalized spacial score (nSPS) is 21.7. The van der Waals surface area contributed by atoms with E-state index in [1.807, 2.05) is 6.07 Å². The summed E-state index contributed by atoms with van der Waals surface area (Å²) in [5.41, 5.74) is -0.631. The number of aromatic nitrogens is 1. The fourth-order valence-electron chi connectivity index (χ4n) is 3.88. The quantitative estimate of drug-likeness (QED) is 0.791. The van der Waals surface area contributed by atoms with E-state index in [0.717, 1.165) is 18.9 Å². The second-order valence-corrected chi connectivity index (χ2v) is 7.13. The number of amides is 1. The number of nitrogens with zero attached hydrogens (tertiary/aromatic N) is 1. The fraction of sp³-hybridized carbons (Fsp3) is 0.350. The molecule has 29 heavy (non-hydrogen) atoms. The molecule has 2 heterocycles. The summed E-state index contributed by atoms with van der Waals surface area (Å²) in [6.45, 7) is -0.0365. The van der Waals surface area contributed by atoms with Crippen molar-refractivity contribution in [3.05, 3.63) is 63.6 Å². The Hall–Kier alpha value is -3.23. The van der Waals surface area contributed by atoms with Gasteiger partial charge < -0.3 is 19.4 Å². The highest BCUT2D eigenvalue weighted by molar-refractivity contribution is 5.98. The number of hydrogen-bond acceptors (Lipinski definition) is 5. The molecule has 1 fully saturated rings. The molecular formula is C20H18F2N2O5. The van der Waals surface area contributed by atoms with Crippen LogP contribution in [0.15, 0.2) is 41.3 Å². The van der Waals surface area contributed by atoms with Crippen LogP contribution in [0, 0.1) is 0 Å². The van der Waals surface area contributed by atoms with E-state index >= 15 is 0 Å². The van der Waals surface area contributed by atoms with Crippen molar-refractivity contribution in [2.24, 2.45) is 0 Å². The van der Waals surface area contributed by atoms with E-state index in [9.17, 15) is 23.2 Å². The molecule has 2 atom stereocenters. The van der Waals surface area contributed by atoms with Gasteiger partial charge in [0.2, 0.25) is 5.43 Å². The lowest BCUT2D eigenvalue weighted by molar-refractivity contribution is 0.00458. The number of rotatable bonds is 4. The highest BCUT2D eigenvalue weighted by Gasteiger charge is 2.51. The van der Waals surface area contributed by atoms with Crippen LogP contribution in [0.1, 0.15) is 45.3 Å². The molecule has 1 aliphatic heterocycles.